The number of nitro benzene ring substituents is 1. The average Bonchev–Trinajstić information content (AvgIpc) is 2.55. The van der Waals surface area contributed by atoms with Crippen LogP contribution in [0.2, 0.25) is 0 Å². The third-order valence-corrected chi connectivity index (χ3v) is 4.02. The molecule has 0 aliphatic heterocycles. The van der Waals surface area contributed by atoms with E-state index in [1.807, 2.05) is 19.1 Å². The summed E-state index contributed by atoms with van der Waals surface area (Å²) in [6.07, 6.45) is -1.05. The topological polar surface area (TPSA) is 84.3 Å². The molecule has 0 aliphatic carbocycles. The number of anilines is 1. The Balaban J connectivity index is 2.23. The molecule has 2 aromatic rings. The zero-order valence-electron chi connectivity index (χ0n) is 13.0. The molecular formula is C16H14Cl3N3O3. The smallest absolute Gasteiger partial charge is 0.270 e. The summed E-state index contributed by atoms with van der Waals surface area (Å²) < 4.78 is -1.85. The normalized spacial score (nSPS) is 12.3. The van der Waals surface area contributed by atoms with Gasteiger partial charge in [-0.25, -0.2) is 0 Å². The monoisotopic (exact) mass is 401 g/mol. The van der Waals surface area contributed by atoms with Crippen molar-refractivity contribution >= 4 is 52.1 Å². The number of hydrogen-bond acceptors (Lipinski definition) is 4. The second-order valence-corrected chi connectivity index (χ2v) is 7.58. The summed E-state index contributed by atoms with van der Waals surface area (Å²) in [5, 5.41) is 16.3. The van der Waals surface area contributed by atoms with Crippen molar-refractivity contribution in [2.45, 2.75) is 16.9 Å². The number of carbonyl (C=O) groups is 1. The highest BCUT2D eigenvalue weighted by molar-refractivity contribution is 6.68. The molecule has 0 saturated heterocycles. The first-order valence-electron chi connectivity index (χ1n) is 7.12. The number of nitrogens with one attached hydrogen (secondary N) is 2. The molecule has 2 aromatic carbocycles. The first-order chi connectivity index (χ1) is 11.7. The first kappa shape index (κ1) is 19.3. The van der Waals surface area contributed by atoms with E-state index < -0.39 is 20.8 Å². The Morgan fingerprint density at radius 1 is 1.16 bits per heavy atom. The minimum absolute atomic E-state index is 0.0834. The number of non-ortho nitro benzene ring substituents is 1. The van der Waals surface area contributed by atoms with Crippen LogP contribution in [-0.4, -0.2) is 20.8 Å². The maximum absolute atomic E-state index is 12.4. The fourth-order valence-corrected chi connectivity index (χ4v) is 2.39. The minimum Gasteiger partial charge on any atom is -0.362 e. The SMILES string of the molecule is Cc1ccccc1N[C@H](NC(=O)c1cccc([N+](=O)[O-])c1)C(Cl)(Cl)Cl. The average molecular weight is 403 g/mol. The van der Waals surface area contributed by atoms with Crippen molar-refractivity contribution < 1.29 is 9.72 Å². The molecule has 25 heavy (non-hydrogen) atoms. The van der Waals surface area contributed by atoms with Gasteiger partial charge in [0, 0.05) is 23.4 Å². The molecular weight excluding hydrogens is 389 g/mol. The van der Waals surface area contributed by atoms with Crippen molar-refractivity contribution in [3.05, 3.63) is 69.8 Å². The zero-order chi connectivity index (χ0) is 18.6. The number of rotatable bonds is 5. The summed E-state index contributed by atoms with van der Waals surface area (Å²) in [6.45, 7) is 1.86. The van der Waals surface area contributed by atoms with E-state index in [-0.39, 0.29) is 11.3 Å². The van der Waals surface area contributed by atoms with Crippen LogP contribution in [-0.2, 0) is 0 Å². The molecule has 0 saturated carbocycles. The van der Waals surface area contributed by atoms with Crippen LogP contribution in [0.5, 0.6) is 0 Å². The van der Waals surface area contributed by atoms with Crippen LogP contribution in [0.15, 0.2) is 48.5 Å². The number of alkyl halides is 3. The lowest BCUT2D eigenvalue weighted by atomic mass is 10.2. The molecule has 6 nitrogen and oxygen atoms in total. The molecule has 0 unspecified atom stereocenters. The summed E-state index contributed by atoms with van der Waals surface area (Å²) in [7, 11) is 0. The van der Waals surface area contributed by atoms with E-state index >= 15 is 0 Å². The molecule has 132 valence electrons. The van der Waals surface area contributed by atoms with Crippen LogP contribution in [0, 0.1) is 17.0 Å². The molecule has 0 spiro atoms. The Bertz CT molecular complexity index is 793. The fourth-order valence-electron chi connectivity index (χ4n) is 2.07. The highest BCUT2D eigenvalue weighted by Crippen LogP contribution is 2.32. The van der Waals surface area contributed by atoms with Gasteiger partial charge in [0.25, 0.3) is 11.6 Å². The van der Waals surface area contributed by atoms with Gasteiger partial charge in [-0.3, -0.25) is 14.9 Å². The van der Waals surface area contributed by atoms with Crippen LogP contribution in [0.4, 0.5) is 11.4 Å². The summed E-state index contributed by atoms with van der Waals surface area (Å²) >= 11 is 17.9. The van der Waals surface area contributed by atoms with Crippen molar-refractivity contribution in [3.8, 4) is 0 Å². The predicted molar refractivity (Wildman–Crippen MR) is 99.4 cm³/mol. The quantitative estimate of drug-likeness (QED) is 0.335. The number of benzene rings is 2. The van der Waals surface area contributed by atoms with Gasteiger partial charge in [0.1, 0.15) is 6.17 Å². The van der Waals surface area contributed by atoms with E-state index in [1.165, 1.54) is 18.2 Å². The Hall–Kier alpha value is -2.02. The predicted octanol–water partition coefficient (Wildman–Crippen LogP) is 4.44. The van der Waals surface area contributed by atoms with Crippen molar-refractivity contribution in [1.29, 1.82) is 0 Å². The van der Waals surface area contributed by atoms with Gasteiger partial charge in [0.2, 0.25) is 3.79 Å². The maximum atomic E-state index is 12.4. The van der Waals surface area contributed by atoms with Gasteiger partial charge >= 0.3 is 0 Å². The van der Waals surface area contributed by atoms with Gasteiger partial charge < -0.3 is 10.6 Å². The first-order valence-corrected chi connectivity index (χ1v) is 8.26. The molecule has 0 heterocycles. The minimum atomic E-state index is -1.85. The van der Waals surface area contributed by atoms with E-state index in [0.717, 1.165) is 11.6 Å². The summed E-state index contributed by atoms with van der Waals surface area (Å²) in [6, 6.07) is 12.6. The van der Waals surface area contributed by atoms with Crippen molar-refractivity contribution in [1.82, 2.24) is 5.32 Å². The summed E-state index contributed by atoms with van der Waals surface area (Å²) in [5.74, 6) is -0.610. The lowest BCUT2D eigenvalue weighted by molar-refractivity contribution is -0.384. The second-order valence-electron chi connectivity index (χ2n) is 5.21. The zero-order valence-corrected chi connectivity index (χ0v) is 15.3. The molecule has 1 amide bonds. The van der Waals surface area contributed by atoms with E-state index in [2.05, 4.69) is 10.6 Å². The molecule has 2 N–H and O–H groups in total. The van der Waals surface area contributed by atoms with Crippen LogP contribution < -0.4 is 10.6 Å². The van der Waals surface area contributed by atoms with Crippen molar-refractivity contribution in [2.24, 2.45) is 0 Å². The molecule has 9 heteroatoms. The number of para-hydroxylation sites is 1. The lowest BCUT2D eigenvalue weighted by Gasteiger charge is -2.28. The van der Waals surface area contributed by atoms with Crippen LogP contribution in [0.1, 0.15) is 15.9 Å². The number of carbonyl (C=O) groups excluding carboxylic acids is 1. The Kier molecular flexibility index (Phi) is 6.11. The third kappa shape index (κ3) is 5.22. The van der Waals surface area contributed by atoms with E-state index in [4.69, 9.17) is 34.8 Å². The number of nitro groups is 1. The Morgan fingerprint density at radius 3 is 2.44 bits per heavy atom. The third-order valence-electron chi connectivity index (χ3n) is 3.37. The molecule has 0 fully saturated rings. The fraction of sp³-hybridized carbons (Fsp3) is 0.188. The van der Waals surface area contributed by atoms with Crippen LogP contribution in [0.3, 0.4) is 0 Å². The number of nitrogens with zero attached hydrogens (tertiary/aromatic N) is 1. The van der Waals surface area contributed by atoms with Gasteiger partial charge in [0.05, 0.1) is 4.92 Å². The molecule has 0 aromatic heterocycles. The van der Waals surface area contributed by atoms with E-state index in [9.17, 15) is 14.9 Å². The maximum Gasteiger partial charge on any atom is 0.270 e. The largest absolute Gasteiger partial charge is 0.362 e. The Morgan fingerprint density at radius 2 is 1.84 bits per heavy atom. The molecule has 2 rings (SSSR count). The van der Waals surface area contributed by atoms with Gasteiger partial charge in [0.15, 0.2) is 0 Å². The molecule has 0 aliphatic rings. The number of aryl methyl sites for hydroxylation is 1. The summed E-state index contributed by atoms with van der Waals surface area (Å²) in [5.41, 5.74) is 1.45. The van der Waals surface area contributed by atoms with Gasteiger partial charge in [-0.2, -0.15) is 0 Å². The lowest BCUT2D eigenvalue weighted by Crippen LogP contribution is -2.49. The highest BCUT2D eigenvalue weighted by Gasteiger charge is 2.34. The molecule has 0 bridgehead atoms. The molecule has 0 radical (unpaired) electrons. The number of halogens is 3. The Labute approximate surface area is 159 Å². The van der Waals surface area contributed by atoms with Gasteiger partial charge in [-0.05, 0) is 24.6 Å². The van der Waals surface area contributed by atoms with Gasteiger partial charge in [-0.15, -0.1) is 0 Å². The van der Waals surface area contributed by atoms with E-state index in [0.29, 0.717) is 5.69 Å². The highest BCUT2D eigenvalue weighted by atomic mass is 35.6. The standard InChI is InChI=1S/C16H14Cl3N3O3/c1-10-5-2-3-8-13(10)20-15(16(17,18)19)21-14(23)11-6-4-7-12(9-11)22(24)25/h2-9,15,20H,1H3,(H,21,23)/t15-/m1/s1. The second kappa shape index (κ2) is 7.91. The number of hydrogen-bond donors (Lipinski definition) is 2. The number of amides is 1. The molecule has 1 atom stereocenters. The van der Waals surface area contributed by atoms with Crippen molar-refractivity contribution in [2.75, 3.05) is 5.32 Å². The van der Waals surface area contributed by atoms with Gasteiger partial charge in [-0.1, -0.05) is 59.1 Å². The summed E-state index contributed by atoms with van der Waals surface area (Å²) in [4.78, 5) is 22.6. The van der Waals surface area contributed by atoms with Crippen molar-refractivity contribution in [3.63, 3.8) is 0 Å². The van der Waals surface area contributed by atoms with E-state index in [1.54, 1.807) is 12.1 Å². The van der Waals surface area contributed by atoms with Crippen LogP contribution in [0.25, 0.3) is 0 Å². The van der Waals surface area contributed by atoms with Crippen LogP contribution >= 0.6 is 34.8 Å².